The number of halogens is 3. The number of unbranched alkanes of at least 4 members (excludes halogenated alkanes) is 2. The number of thioether (sulfide) groups is 1. The molecule has 3 aromatic carbocycles. The number of benzene rings is 3. The van der Waals surface area contributed by atoms with E-state index < -0.39 is 98.4 Å². The molecule has 3 heterocycles. The smallest absolute Gasteiger partial charge is 0.744 e. The maximum Gasteiger partial charge on any atom is 1.00 e. The van der Waals surface area contributed by atoms with E-state index in [4.69, 9.17) is 44.6 Å². The van der Waals surface area contributed by atoms with E-state index in [1.807, 2.05) is 0 Å². The topological polar surface area (TPSA) is 252 Å². The van der Waals surface area contributed by atoms with Crippen molar-refractivity contribution in [2.45, 2.75) is 118 Å². The van der Waals surface area contributed by atoms with Crippen LogP contribution in [0.5, 0.6) is 11.5 Å². The Morgan fingerprint density at radius 3 is 2.10 bits per heavy atom. The summed E-state index contributed by atoms with van der Waals surface area (Å²) >= 11 is 21.5. The minimum Gasteiger partial charge on any atom is -0.744 e. The van der Waals surface area contributed by atoms with Gasteiger partial charge in [0.05, 0.1) is 43.0 Å². The van der Waals surface area contributed by atoms with Gasteiger partial charge in [-0.05, 0) is 88.5 Å². The van der Waals surface area contributed by atoms with Crippen LogP contribution >= 0.6 is 46.6 Å². The molecular weight excluding hydrogens is 963 g/mol. The number of carbonyl (C=O) groups is 3. The Balaban J connectivity index is 0.00000436. The zero-order valence-electron chi connectivity index (χ0n) is 35.7. The van der Waals surface area contributed by atoms with Crippen LogP contribution < -0.4 is 85.1 Å². The molecule has 0 spiro atoms. The van der Waals surface area contributed by atoms with Gasteiger partial charge >= 0.3 is 71.1 Å². The number of nitrogens with one attached hydrogen (secondary N) is 2. The molecule has 4 N–H and O–H groups in total. The second kappa shape index (κ2) is 19.9. The molecule has 15 nitrogen and oxygen atoms in total. The summed E-state index contributed by atoms with van der Waals surface area (Å²) in [6.07, 6.45) is 2.31. The fourth-order valence-electron chi connectivity index (χ4n) is 8.55. The number of ether oxygens (including phenoxy) is 1. The molecule has 0 aromatic heterocycles. The Bertz CT molecular complexity index is 2790. The van der Waals surface area contributed by atoms with Gasteiger partial charge in [0.1, 0.15) is 30.0 Å². The monoisotopic (exact) mass is 1000 g/mol. The number of carbonyl (C=O) groups excluding carboxylic acids is 1. The number of aliphatic carboxylic acids is 1. The van der Waals surface area contributed by atoms with Gasteiger partial charge in [-0.2, -0.15) is 0 Å². The van der Waals surface area contributed by atoms with Crippen LogP contribution in [0.3, 0.4) is 0 Å². The number of nitrogens with zero attached hydrogens (tertiary/aromatic N) is 1. The first-order chi connectivity index (χ1) is 28.1. The van der Waals surface area contributed by atoms with Crippen LogP contribution in [0.25, 0.3) is 5.57 Å². The second-order valence-electron chi connectivity index (χ2n) is 16.8. The molecule has 3 aliphatic heterocycles. The molecule has 23 heteroatoms. The number of aromatic carboxylic acids is 1. The normalized spacial score (nSPS) is 18.0. The van der Waals surface area contributed by atoms with Crippen LogP contribution in [0.1, 0.15) is 125 Å². The van der Waals surface area contributed by atoms with Gasteiger partial charge in [0.15, 0.2) is 11.5 Å². The molecule has 330 valence electrons. The van der Waals surface area contributed by atoms with Crippen molar-refractivity contribution in [1.82, 2.24) is 5.32 Å². The number of amides is 1. The van der Waals surface area contributed by atoms with Gasteiger partial charge in [0, 0.05) is 45.3 Å². The van der Waals surface area contributed by atoms with Crippen LogP contribution in [0.4, 0.5) is 5.69 Å². The first kappa shape index (κ1) is 54.0. The zero-order chi connectivity index (χ0) is 45.3. The third kappa shape index (κ3) is 11.1. The zero-order valence-corrected chi connectivity index (χ0v) is 44.5. The standard InChI is InChI=1S/C40H44Cl3N3O12S3.2Na/c1-17-14-39(3,4)45-31-19(17)12-21-25(26-27(38(50)51)28(41)30(43)35(29(26)42)59-16-23(47)44-11-9-7-8-10-24(48)49)22-13-20-18(2)15-40(5,6)46-32(20)37(61(55,56)57)34(22)58-33(21)36(31)60(52,53)54;;/h12-13,17-18,45H,7-11,14-16H2,1-6H3,(H,44,47)(H,48,49)(H,50,51)(H,52,53,54)(H,55,56,57);;/q;2*+1/p-2. The van der Waals surface area contributed by atoms with E-state index in [1.165, 1.54) is 12.1 Å². The van der Waals surface area contributed by atoms with Crippen molar-refractivity contribution in [3.8, 4) is 11.5 Å². The first-order valence-corrected chi connectivity index (χ1v) is 24.0. The van der Waals surface area contributed by atoms with E-state index in [0.29, 0.717) is 37.7 Å². The van der Waals surface area contributed by atoms with Gasteiger partial charge in [-0.25, -0.2) is 21.6 Å². The number of hydrogen-bond donors (Lipinski definition) is 4. The quantitative estimate of drug-likeness (QED) is 0.0479. The summed E-state index contributed by atoms with van der Waals surface area (Å²) in [7, 11) is -11.1. The molecule has 6 rings (SSSR count). The largest absolute Gasteiger partial charge is 1.00 e. The predicted octanol–water partition coefficient (Wildman–Crippen LogP) is 0.971. The molecule has 0 fully saturated rings. The summed E-state index contributed by atoms with van der Waals surface area (Å²) in [6, 6.07) is 2.99. The van der Waals surface area contributed by atoms with E-state index >= 15 is 0 Å². The predicted molar refractivity (Wildman–Crippen MR) is 227 cm³/mol. The van der Waals surface area contributed by atoms with Gasteiger partial charge in [0.25, 0.3) is 0 Å². The Labute approximate surface area is 428 Å². The number of anilines is 1. The Morgan fingerprint density at radius 1 is 0.889 bits per heavy atom. The summed E-state index contributed by atoms with van der Waals surface area (Å²) in [5, 5.41) is 23.8. The van der Waals surface area contributed by atoms with Gasteiger partial charge in [-0.1, -0.05) is 55.1 Å². The van der Waals surface area contributed by atoms with E-state index in [0.717, 1.165) is 11.8 Å². The van der Waals surface area contributed by atoms with Crippen LogP contribution in [0.2, 0.25) is 15.1 Å². The molecule has 2 atom stereocenters. The fourth-order valence-corrected chi connectivity index (χ4v) is 12.1. The molecule has 3 aromatic rings. The van der Waals surface area contributed by atoms with Crippen LogP contribution in [0, 0.1) is 0 Å². The molecule has 0 bridgehead atoms. The van der Waals surface area contributed by atoms with E-state index in [-0.39, 0.29) is 126 Å². The van der Waals surface area contributed by atoms with E-state index in [2.05, 4.69) is 15.6 Å². The third-order valence-electron chi connectivity index (χ3n) is 10.8. The Kier molecular flexibility index (Phi) is 17.1. The molecule has 0 aliphatic carbocycles. The third-order valence-corrected chi connectivity index (χ3v) is 15.1. The van der Waals surface area contributed by atoms with Crippen LogP contribution in [-0.4, -0.2) is 77.4 Å². The summed E-state index contributed by atoms with van der Waals surface area (Å²) in [5.41, 5.74) is -2.64. The summed E-state index contributed by atoms with van der Waals surface area (Å²) in [4.78, 5) is 39.8. The van der Waals surface area contributed by atoms with Gasteiger partial charge in [0.2, 0.25) is 5.91 Å². The van der Waals surface area contributed by atoms with Gasteiger partial charge in [-0.3, -0.25) is 14.6 Å². The molecule has 0 saturated carbocycles. The van der Waals surface area contributed by atoms with Crippen LogP contribution in [0.15, 0.2) is 31.8 Å². The van der Waals surface area contributed by atoms with Gasteiger partial charge < -0.3 is 34.7 Å². The Hall–Kier alpha value is -1.62. The number of carboxylic acid groups (broad SMARTS) is 2. The summed E-state index contributed by atoms with van der Waals surface area (Å²) in [6.45, 7) is 10.9. The average Bonchev–Trinajstić information content (AvgIpc) is 3.10. The van der Waals surface area contributed by atoms with Gasteiger partial charge in [-0.15, -0.1) is 11.8 Å². The van der Waals surface area contributed by atoms with Crippen molar-refractivity contribution in [3.05, 3.63) is 65.6 Å². The van der Waals surface area contributed by atoms with Crippen molar-refractivity contribution >= 4 is 95.9 Å². The summed E-state index contributed by atoms with van der Waals surface area (Å²) in [5.74, 6) is -5.64. The number of rotatable bonds is 13. The summed E-state index contributed by atoms with van der Waals surface area (Å²) < 4.78 is 87.1. The minimum atomic E-state index is -5.55. The fraction of sp³-hybridized carbons (Fsp3) is 0.450. The molecule has 2 unspecified atom stereocenters. The molecular formula is C40H42Cl3N3Na2O12S3. The minimum absolute atomic E-state index is 0. The van der Waals surface area contributed by atoms with Crippen molar-refractivity contribution < 1.29 is 114 Å². The van der Waals surface area contributed by atoms with E-state index in [1.54, 1.807) is 41.5 Å². The second-order valence-corrected chi connectivity index (χ2v) is 21.5. The number of hydrogen-bond acceptors (Lipinski definition) is 13. The average molecular weight is 1010 g/mol. The SMILES string of the molecule is CC1CC(C)(C)Nc2c1cc1c(c2S(=O)(=O)[O-])Oc2c(S(=O)(=O)[O-])c3c(cc2=C1c1c(Cl)c(SCC(=O)NCCCCCC(=O)O)c(Cl)c(Cl)c1C(=O)O)C(C)CC(C)(C)N=3.[Na+].[Na+]. The Morgan fingerprint density at radius 2 is 1.51 bits per heavy atom. The molecule has 0 saturated heterocycles. The number of carboxylic acids is 2. The van der Waals surface area contributed by atoms with Crippen molar-refractivity contribution in [3.63, 3.8) is 0 Å². The van der Waals surface area contributed by atoms with Crippen molar-refractivity contribution in [1.29, 1.82) is 0 Å². The first-order valence-electron chi connectivity index (χ1n) is 19.1. The van der Waals surface area contributed by atoms with E-state index in [9.17, 15) is 45.4 Å². The maximum atomic E-state index is 13.5. The molecule has 0 radical (unpaired) electrons. The molecule has 63 heavy (non-hydrogen) atoms. The number of fused-ring (bicyclic) bond motifs is 4. The maximum absolute atomic E-state index is 13.5. The van der Waals surface area contributed by atoms with Crippen LogP contribution in [-0.2, 0) is 29.8 Å². The van der Waals surface area contributed by atoms with Crippen molar-refractivity contribution in [2.24, 2.45) is 4.99 Å². The molecule has 1 amide bonds. The molecule has 3 aliphatic rings. The van der Waals surface area contributed by atoms with Crippen molar-refractivity contribution in [2.75, 3.05) is 17.6 Å².